The Kier molecular flexibility index (Phi) is 6.56. The summed E-state index contributed by atoms with van der Waals surface area (Å²) >= 11 is 12.6. The molecule has 0 unspecified atom stereocenters. The van der Waals surface area contributed by atoms with Crippen LogP contribution in [-0.4, -0.2) is 42.9 Å². The number of fused-ring (bicyclic) bond motifs is 3. The standard InChI is InChI=1S/C29H23Cl2NO5/c1-36-27(34)29(28(35)37-2)23(18-9-4-3-5-10-18)24(25(33)21-13-12-19(30)16-22(21)31)32-15-14-17-8-6-7-11-20(17)26(29)32/h3-16,23-24,26H,1-2H3/t23-,24-,26-/m1/s1. The van der Waals surface area contributed by atoms with Crippen molar-refractivity contribution in [2.24, 2.45) is 5.41 Å². The summed E-state index contributed by atoms with van der Waals surface area (Å²) in [7, 11) is 2.46. The molecule has 3 aromatic carbocycles. The van der Waals surface area contributed by atoms with Gasteiger partial charge in [-0.2, -0.15) is 0 Å². The summed E-state index contributed by atoms with van der Waals surface area (Å²) in [6.07, 6.45) is 3.62. The maximum atomic E-state index is 14.3. The number of hydrogen-bond acceptors (Lipinski definition) is 6. The molecule has 3 atom stereocenters. The molecule has 0 saturated carbocycles. The van der Waals surface area contributed by atoms with Crippen LogP contribution in [0, 0.1) is 5.41 Å². The van der Waals surface area contributed by atoms with Crippen molar-refractivity contribution in [1.82, 2.24) is 4.90 Å². The number of halogens is 2. The lowest BCUT2D eigenvalue weighted by molar-refractivity contribution is -0.172. The number of carbonyl (C=O) groups is 3. The molecule has 0 amide bonds. The summed E-state index contributed by atoms with van der Waals surface area (Å²) < 4.78 is 10.6. The van der Waals surface area contributed by atoms with E-state index in [0.717, 1.165) is 5.56 Å². The molecular formula is C29H23Cl2NO5. The molecule has 0 bridgehead atoms. The van der Waals surface area contributed by atoms with Gasteiger partial charge in [-0.3, -0.25) is 14.4 Å². The molecule has 1 fully saturated rings. The van der Waals surface area contributed by atoms with Crippen LogP contribution in [0.3, 0.4) is 0 Å². The first-order valence-corrected chi connectivity index (χ1v) is 12.4. The van der Waals surface area contributed by atoms with E-state index in [2.05, 4.69) is 0 Å². The van der Waals surface area contributed by atoms with Crippen molar-refractivity contribution in [1.29, 1.82) is 0 Å². The Bertz CT molecular complexity index is 1400. The molecule has 6 nitrogen and oxygen atoms in total. The Morgan fingerprint density at radius 3 is 2.16 bits per heavy atom. The highest BCUT2D eigenvalue weighted by Crippen LogP contribution is 2.61. The molecule has 2 aliphatic rings. The number of Topliss-reactive ketones (excluding diaryl/α,β-unsaturated/α-hetero) is 1. The third-order valence-corrected chi connectivity index (χ3v) is 7.79. The second-order valence-corrected chi connectivity index (χ2v) is 9.81. The molecule has 0 radical (unpaired) electrons. The first-order valence-electron chi connectivity index (χ1n) is 11.6. The molecule has 5 rings (SSSR count). The predicted molar refractivity (Wildman–Crippen MR) is 140 cm³/mol. The topological polar surface area (TPSA) is 72.9 Å². The Hall–Kier alpha value is -3.61. The monoisotopic (exact) mass is 535 g/mol. The largest absolute Gasteiger partial charge is 0.468 e. The zero-order valence-corrected chi connectivity index (χ0v) is 21.6. The molecule has 0 aromatic heterocycles. The van der Waals surface area contributed by atoms with Crippen molar-refractivity contribution in [3.8, 4) is 0 Å². The first-order chi connectivity index (χ1) is 17.9. The fourth-order valence-electron chi connectivity index (χ4n) is 5.79. The lowest BCUT2D eigenvalue weighted by Gasteiger charge is -2.38. The number of ketones is 1. The van der Waals surface area contributed by atoms with Crippen LogP contribution < -0.4 is 0 Å². The third kappa shape index (κ3) is 3.74. The van der Waals surface area contributed by atoms with Crippen LogP contribution in [0.4, 0.5) is 0 Å². The number of benzene rings is 3. The maximum absolute atomic E-state index is 14.3. The maximum Gasteiger partial charge on any atom is 0.326 e. The van der Waals surface area contributed by atoms with Crippen molar-refractivity contribution < 1.29 is 23.9 Å². The highest BCUT2D eigenvalue weighted by molar-refractivity contribution is 6.37. The fourth-order valence-corrected chi connectivity index (χ4v) is 6.29. The molecule has 37 heavy (non-hydrogen) atoms. The van der Waals surface area contributed by atoms with Gasteiger partial charge in [0.25, 0.3) is 0 Å². The minimum absolute atomic E-state index is 0.177. The second-order valence-electron chi connectivity index (χ2n) is 8.97. The van der Waals surface area contributed by atoms with E-state index in [9.17, 15) is 14.4 Å². The lowest BCUT2D eigenvalue weighted by Crippen LogP contribution is -2.49. The van der Waals surface area contributed by atoms with Gasteiger partial charge in [0.15, 0.2) is 11.2 Å². The summed E-state index contributed by atoms with van der Waals surface area (Å²) in [5, 5.41) is 0.562. The summed E-state index contributed by atoms with van der Waals surface area (Å²) in [5.74, 6) is -2.90. The van der Waals surface area contributed by atoms with E-state index in [0.29, 0.717) is 16.1 Å². The number of esters is 2. The van der Waals surface area contributed by atoms with Crippen LogP contribution >= 0.6 is 23.2 Å². The first kappa shape index (κ1) is 25.1. The zero-order valence-electron chi connectivity index (χ0n) is 20.1. The normalized spacial score (nSPS) is 21.1. The van der Waals surface area contributed by atoms with Crippen molar-refractivity contribution in [3.05, 3.63) is 111 Å². The number of nitrogens with zero attached hydrogens (tertiary/aromatic N) is 1. The molecule has 0 N–H and O–H groups in total. The van der Waals surface area contributed by atoms with Crippen LogP contribution in [0.5, 0.6) is 0 Å². The van der Waals surface area contributed by atoms with Crippen molar-refractivity contribution in [2.45, 2.75) is 18.0 Å². The summed E-state index contributed by atoms with van der Waals surface area (Å²) in [4.78, 5) is 43.8. The zero-order chi connectivity index (χ0) is 26.3. The van der Waals surface area contributed by atoms with E-state index in [1.54, 1.807) is 47.5 Å². The highest BCUT2D eigenvalue weighted by Gasteiger charge is 2.71. The van der Waals surface area contributed by atoms with E-state index >= 15 is 0 Å². The van der Waals surface area contributed by atoms with Crippen LogP contribution in [0.15, 0.2) is 79.0 Å². The lowest BCUT2D eigenvalue weighted by atomic mass is 9.65. The molecule has 0 spiro atoms. The fraction of sp³-hybridized carbons (Fsp3) is 0.207. The minimum atomic E-state index is -1.90. The molecule has 2 aliphatic heterocycles. The van der Waals surface area contributed by atoms with Gasteiger partial charge >= 0.3 is 11.9 Å². The quantitative estimate of drug-likeness (QED) is 0.237. The van der Waals surface area contributed by atoms with Crippen LogP contribution in [0.2, 0.25) is 10.0 Å². The van der Waals surface area contributed by atoms with E-state index in [1.165, 1.54) is 20.3 Å². The van der Waals surface area contributed by atoms with Gasteiger partial charge in [0.1, 0.15) is 6.04 Å². The van der Waals surface area contributed by atoms with Gasteiger partial charge < -0.3 is 14.4 Å². The van der Waals surface area contributed by atoms with Gasteiger partial charge in [-0.15, -0.1) is 0 Å². The van der Waals surface area contributed by atoms with E-state index in [4.69, 9.17) is 32.7 Å². The van der Waals surface area contributed by atoms with Crippen LogP contribution in [0.25, 0.3) is 6.08 Å². The Morgan fingerprint density at radius 2 is 1.51 bits per heavy atom. The number of methoxy groups -OCH3 is 2. The van der Waals surface area contributed by atoms with Crippen LogP contribution in [-0.2, 0) is 19.1 Å². The van der Waals surface area contributed by atoms with Gasteiger partial charge in [0.2, 0.25) is 0 Å². The SMILES string of the molecule is COC(=O)C1(C(=O)OC)[C@H](c2ccccc2)[C@H](C(=O)c2ccc(Cl)cc2Cl)N2C=Cc3ccccc3[C@@H]21. The number of hydrogen-bond donors (Lipinski definition) is 0. The Labute approximate surface area is 224 Å². The van der Waals surface area contributed by atoms with Crippen molar-refractivity contribution in [2.75, 3.05) is 14.2 Å². The number of rotatable bonds is 5. The van der Waals surface area contributed by atoms with E-state index in [1.807, 2.05) is 36.4 Å². The summed E-state index contributed by atoms with van der Waals surface area (Å²) in [5.41, 5.74) is 0.477. The van der Waals surface area contributed by atoms with Gasteiger partial charge in [-0.1, -0.05) is 77.8 Å². The number of ether oxygens (including phenoxy) is 2. The molecule has 0 aliphatic carbocycles. The van der Waals surface area contributed by atoms with Gasteiger partial charge in [-0.25, -0.2) is 0 Å². The average Bonchev–Trinajstić information content (AvgIpc) is 3.24. The van der Waals surface area contributed by atoms with Crippen molar-refractivity contribution >= 4 is 47.0 Å². The molecule has 8 heteroatoms. The summed E-state index contributed by atoms with van der Waals surface area (Å²) in [6.45, 7) is 0. The van der Waals surface area contributed by atoms with Gasteiger partial charge in [-0.05, 0) is 41.0 Å². The highest BCUT2D eigenvalue weighted by atomic mass is 35.5. The predicted octanol–water partition coefficient (Wildman–Crippen LogP) is 5.70. The van der Waals surface area contributed by atoms with Crippen molar-refractivity contribution in [3.63, 3.8) is 0 Å². The van der Waals surface area contributed by atoms with E-state index in [-0.39, 0.29) is 16.4 Å². The number of carbonyl (C=O) groups excluding carboxylic acids is 3. The van der Waals surface area contributed by atoms with Gasteiger partial charge in [0.05, 0.1) is 25.3 Å². The minimum Gasteiger partial charge on any atom is -0.468 e. The average molecular weight is 536 g/mol. The van der Waals surface area contributed by atoms with E-state index < -0.39 is 35.4 Å². The molecular weight excluding hydrogens is 513 g/mol. The Morgan fingerprint density at radius 1 is 0.865 bits per heavy atom. The second kappa shape index (κ2) is 9.69. The van der Waals surface area contributed by atoms with Gasteiger partial charge in [0, 0.05) is 22.7 Å². The molecule has 188 valence electrons. The summed E-state index contributed by atoms with van der Waals surface area (Å²) in [6, 6.07) is 19.2. The Balaban J connectivity index is 1.85. The van der Waals surface area contributed by atoms with Crippen LogP contribution in [0.1, 0.15) is 39.0 Å². The molecule has 1 saturated heterocycles. The smallest absolute Gasteiger partial charge is 0.326 e. The molecule has 3 aromatic rings. The third-order valence-electron chi connectivity index (χ3n) is 7.24. The molecule has 2 heterocycles.